The van der Waals surface area contributed by atoms with Gasteiger partial charge in [0.1, 0.15) is 11.5 Å². The summed E-state index contributed by atoms with van der Waals surface area (Å²) in [5.41, 5.74) is 0. The Bertz CT molecular complexity index is 387. The number of furan rings is 1. The predicted octanol–water partition coefficient (Wildman–Crippen LogP) is 1.88. The van der Waals surface area contributed by atoms with Gasteiger partial charge in [-0.05, 0) is 44.0 Å². The zero-order chi connectivity index (χ0) is 11.8. The van der Waals surface area contributed by atoms with Gasteiger partial charge < -0.3 is 9.73 Å². The normalized spacial score (nSPS) is 33.2. The van der Waals surface area contributed by atoms with Crippen molar-refractivity contribution in [3.63, 3.8) is 0 Å². The highest BCUT2D eigenvalue weighted by Crippen LogP contribution is 2.33. The van der Waals surface area contributed by atoms with E-state index in [-0.39, 0.29) is 0 Å². The van der Waals surface area contributed by atoms with Crippen molar-refractivity contribution in [1.29, 1.82) is 0 Å². The molecule has 0 bridgehead atoms. The van der Waals surface area contributed by atoms with Gasteiger partial charge in [0.25, 0.3) is 0 Å². The number of nitrogens with zero attached hydrogens (tertiary/aromatic N) is 1. The number of hydrogen-bond acceptors (Lipinski definition) is 3. The highest BCUT2D eigenvalue weighted by Gasteiger charge is 2.41. The fourth-order valence-corrected chi connectivity index (χ4v) is 3.36. The molecule has 94 valence electrons. The largest absolute Gasteiger partial charge is 0.465 e. The summed E-state index contributed by atoms with van der Waals surface area (Å²) < 4.78 is 5.81. The van der Waals surface area contributed by atoms with Crippen molar-refractivity contribution in [2.45, 2.75) is 32.9 Å². The lowest BCUT2D eigenvalue weighted by Gasteiger charge is -2.23. The second-order valence-corrected chi connectivity index (χ2v) is 5.47. The molecule has 1 N–H and O–H groups in total. The molecule has 2 aliphatic heterocycles. The van der Waals surface area contributed by atoms with Gasteiger partial charge in [-0.15, -0.1) is 0 Å². The zero-order valence-electron chi connectivity index (χ0n) is 10.8. The molecule has 1 aromatic rings. The topological polar surface area (TPSA) is 28.4 Å². The molecule has 0 spiro atoms. The molecule has 0 saturated carbocycles. The van der Waals surface area contributed by atoms with E-state index in [4.69, 9.17) is 4.42 Å². The molecule has 0 aliphatic carbocycles. The molecule has 3 nitrogen and oxygen atoms in total. The van der Waals surface area contributed by atoms with Crippen LogP contribution < -0.4 is 5.32 Å². The van der Waals surface area contributed by atoms with Gasteiger partial charge in [-0.1, -0.05) is 6.92 Å². The smallest absolute Gasteiger partial charge is 0.118 e. The summed E-state index contributed by atoms with van der Waals surface area (Å²) in [5, 5.41) is 3.50. The number of likely N-dealkylation sites (tertiary alicyclic amines) is 1. The number of fused-ring (bicyclic) bond motifs is 1. The highest BCUT2D eigenvalue weighted by atomic mass is 16.3. The van der Waals surface area contributed by atoms with Crippen LogP contribution in [0.4, 0.5) is 0 Å². The monoisotopic (exact) mass is 234 g/mol. The van der Waals surface area contributed by atoms with Gasteiger partial charge in [0, 0.05) is 19.0 Å². The predicted molar refractivity (Wildman–Crippen MR) is 67.8 cm³/mol. The first kappa shape index (κ1) is 11.3. The summed E-state index contributed by atoms with van der Waals surface area (Å²) in [7, 11) is 0. The van der Waals surface area contributed by atoms with Crippen LogP contribution in [0.1, 0.15) is 25.4 Å². The molecule has 0 aromatic carbocycles. The third kappa shape index (κ3) is 2.02. The average Bonchev–Trinajstić information content (AvgIpc) is 3.00. The fourth-order valence-electron chi connectivity index (χ4n) is 3.36. The molecular weight excluding hydrogens is 212 g/mol. The van der Waals surface area contributed by atoms with Crippen LogP contribution in [0.2, 0.25) is 0 Å². The quantitative estimate of drug-likeness (QED) is 0.865. The van der Waals surface area contributed by atoms with E-state index in [0.29, 0.717) is 6.04 Å². The van der Waals surface area contributed by atoms with Crippen LogP contribution >= 0.6 is 0 Å². The molecule has 1 aromatic heterocycles. The minimum absolute atomic E-state index is 0.685. The van der Waals surface area contributed by atoms with Gasteiger partial charge in [-0.3, -0.25) is 4.90 Å². The molecule has 3 atom stereocenters. The SMILES string of the molecule is CCc1ccc(CN2CC3CNCC3C2C)o1. The van der Waals surface area contributed by atoms with Gasteiger partial charge in [-0.25, -0.2) is 0 Å². The van der Waals surface area contributed by atoms with Crippen LogP contribution in [0.15, 0.2) is 16.5 Å². The van der Waals surface area contributed by atoms with Gasteiger partial charge in [0.15, 0.2) is 0 Å². The second-order valence-electron chi connectivity index (χ2n) is 5.47. The van der Waals surface area contributed by atoms with Crippen molar-refractivity contribution in [2.75, 3.05) is 19.6 Å². The summed E-state index contributed by atoms with van der Waals surface area (Å²) in [6, 6.07) is 4.93. The molecule has 2 aliphatic rings. The van der Waals surface area contributed by atoms with E-state index in [1.807, 2.05) is 0 Å². The van der Waals surface area contributed by atoms with Crippen LogP contribution in [0.3, 0.4) is 0 Å². The Kier molecular flexibility index (Phi) is 2.97. The maximum Gasteiger partial charge on any atom is 0.118 e. The molecule has 3 unspecified atom stereocenters. The fraction of sp³-hybridized carbons (Fsp3) is 0.714. The van der Waals surface area contributed by atoms with Crippen molar-refractivity contribution in [1.82, 2.24) is 10.2 Å². The Balaban J connectivity index is 1.66. The molecule has 2 saturated heterocycles. The summed E-state index contributed by atoms with van der Waals surface area (Å²) >= 11 is 0. The van der Waals surface area contributed by atoms with Gasteiger partial charge in [-0.2, -0.15) is 0 Å². The van der Waals surface area contributed by atoms with E-state index in [2.05, 4.69) is 36.2 Å². The molecule has 2 fully saturated rings. The van der Waals surface area contributed by atoms with Crippen molar-refractivity contribution in [2.24, 2.45) is 11.8 Å². The van der Waals surface area contributed by atoms with E-state index in [9.17, 15) is 0 Å². The molecule has 3 heterocycles. The molecule has 0 radical (unpaired) electrons. The van der Waals surface area contributed by atoms with E-state index >= 15 is 0 Å². The summed E-state index contributed by atoms with van der Waals surface area (Å²) in [6.45, 7) is 9.10. The maximum atomic E-state index is 5.81. The Morgan fingerprint density at radius 3 is 2.88 bits per heavy atom. The third-order valence-corrected chi connectivity index (χ3v) is 4.48. The van der Waals surface area contributed by atoms with E-state index in [0.717, 1.165) is 36.3 Å². The second kappa shape index (κ2) is 4.46. The van der Waals surface area contributed by atoms with E-state index in [1.165, 1.54) is 19.6 Å². The first-order chi connectivity index (χ1) is 8.28. The average molecular weight is 234 g/mol. The maximum absolute atomic E-state index is 5.81. The summed E-state index contributed by atoms with van der Waals surface area (Å²) in [5.74, 6) is 3.93. The molecule has 3 heteroatoms. The Morgan fingerprint density at radius 1 is 1.35 bits per heavy atom. The van der Waals surface area contributed by atoms with Crippen molar-refractivity contribution < 1.29 is 4.42 Å². The molecule has 0 amide bonds. The highest BCUT2D eigenvalue weighted by molar-refractivity contribution is 5.08. The summed E-state index contributed by atoms with van der Waals surface area (Å²) in [4.78, 5) is 2.58. The van der Waals surface area contributed by atoms with Gasteiger partial charge >= 0.3 is 0 Å². The number of hydrogen-bond donors (Lipinski definition) is 1. The van der Waals surface area contributed by atoms with Crippen molar-refractivity contribution >= 4 is 0 Å². The lowest BCUT2D eigenvalue weighted by molar-refractivity contribution is 0.212. The lowest BCUT2D eigenvalue weighted by atomic mass is 9.95. The Labute approximate surface area is 103 Å². The van der Waals surface area contributed by atoms with Gasteiger partial charge in [0.05, 0.1) is 6.54 Å². The van der Waals surface area contributed by atoms with Crippen molar-refractivity contribution in [3.8, 4) is 0 Å². The minimum atomic E-state index is 0.685. The van der Waals surface area contributed by atoms with E-state index in [1.54, 1.807) is 0 Å². The van der Waals surface area contributed by atoms with Crippen LogP contribution in [0.5, 0.6) is 0 Å². The zero-order valence-corrected chi connectivity index (χ0v) is 10.8. The van der Waals surface area contributed by atoms with Crippen LogP contribution in [0.25, 0.3) is 0 Å². The molecular formula is C14H22N2O. The minimum Gasteiger partial charge on any atom is -0.465 e. The lowest BCUT2D eigenvalue weighted by Crippen LogP contribution is -2.32. The van der Waals surface area contributed by atoms with Crippen molar-refractivity contribution in [3.05, 3.63) is 23.7 Å². The summed E-state index contributed by atoms with van der Waals surface area (Å²) in [6.07, 6.45) is 0.991. The van der Waals surface area contributed by atoms with Crippen LogP contribution in [-0.2, 0) is 13.0 Å². The van der Waals surface area contributed by atoms with Gasteiger partial charge in [0.2, 0.25) is 0 Å². The first-order valence-electron chi connectivity index (χ1n) is 6.80. The Hall–Kier alpha value is -0.800. The molecule has 3 rings (SSSR count). The van der Waals surface area contributed by atoms with E-state index < -0.39 is 0 Å². The number of nitrogens with one attached hydrogen (secondary N) is 1. The number of rotatable bonds is 3. The first-order valence-corrected chi connectivity index (χ1v) is 6.80. The van der Waals surface area contributed by atoms with Crippen LogP contribution in [-0.4, -0.2) is 30.6 Å². The standard InChI is InChI=1S/C14H22N2O/c1-3-12-4-5-13(17-12)9-16-8-11-6-15-7-14(11)10(16)2/h4-5,10-11,14-15H,3,6-9H2,1-2H3. The number of aryl methyl sites for hydroxylation is 1. The van der Waals surface area contributed by atoms with Crippen LogP contribution in [0, 0.1) is 11.8 Å². The third-order valence-electron chi connectivity index (χ3n) is 4.48. The molecule has 17 heavy (non-hydrogen) atoms. The Morgan fingerprint density at radius 2 is 2.18 bits per heavy atom.